The van der Waals surface area contributed by atoms with E-state index in [1.807, 2.05) is 0 Å². The van der Waals surface area contributed by atoms with Crippen LogP contribution in [0.5, 0.6) is 0 Å². The fourth-order valence-electron chi connectivity index (χ4n) is 16.9. The highest BCUT2D eigenvalue weighted by atomic mass is 15.3. The van der Waals surface area contributed by atoms with Gasteiger partial charge < -0.3 is 19.6 Å². The third-order valence-electron chi connectivity index (χ3n) is 22.2. The van der Waals surface area contributed by atoms with Crippen LogP contribution in [-0.2, 0) is 21.7 Å². The largest absolute Gasteiger partial charge is 0.334 e. The molecule has 1 saturated carbocycles. The van der Waals surface area contributed by atoms with E-state index in [1.165, 1.54) is 124 Å². The van der Waals surface area contributed by atoms with E-state index in [2.05, 4.69) is 337 Å². The lowest BCUT2D eigenvalue weighted by molar-refractivity contribution is 0.195. The van der Waals surface area contributed by atoms with Crippen LogP contribution in [0.3, 0.4) is 0 Å². The molecular weight excluding hydrogens is 1100 g/mol. The van der Waals surface area contributed by atoms with E-state index in [9.17, 15) is 0 Å². The van der Waals surface area contributed by atoms with Gasteiger partial charge in [0.2, 0.25) is 0 Å². The summed E-state index contributed by atoms with van der Waals surface area (Å²) in [5, 5.41) is 0. The van der Waals surface area contributed by atoms with Crippen molar-refractivity contribution in [2.24, 2.45) is 0 Å². The molecule has 0 bridgehead atoms. The Kier molecular flexibility index (Phi) is 13.2. The second kappa shape index (κ2) is 21.1. The first-order valence-electron chi connectivity index (χ1n) is 33.4. The molecule has 91 heavy (non-hydrogen) atoms. The van der Waals surface area contributed by atoms with Gasteiger partial charge in [-0.25, -0.2) is 0 Å². The van der Waals surface area contributed by atoms with Gasteiger partial charge in [0.05, 0.1) is 11.2 Å². The second-order valence-corrected chi connectivity index (χ2v) is 29.5. The van der Waals surface area contributed by atoms with Gasteiger partial charge in [0.15, 0.2) is 0 Å². The molecule has 5 aliphatic rings. The number of hydrogen-bond acceptors (Lipinski definition) is 4. The number of benzene rings is 11. The van der Waals surface area contributed by atoms with Gasteiger partial charge in [0.25, 0.3) is 6.71 Å². The molecule has 11 aromatic rings. The molecular formula is C86H81BN4. The van der Waals surface area contributed by atoms with E-state index in [4.69, 9.17) is 0 Å². The normalized spacial score (nSPS) is 19.0. The number of hydrogen-bond donors (Lipinski definition) is 0. The van der Waals surface area contributed by atoms with Gasteiger partial charge in [0, 0.05) is 67.9 Å². The summed E-state index contributed by atoms with van der Waals surface area (Å²) >= 11 is 0. The highest BCUT2D eigenvalue weighted by Crippen LogP contribution is 2.63. The quantitative estimate of drug-likeness (QED) is 0.134. The van der Waals surface area contributed by atoms with Crippen molar-refractivity contribution < 1.29 is 0 Å². The number of rotatable bonds is 9. The summed E-state index contributed by atoms with van der Waals surface area (Å²) in [4.78, 5) is 10.7. The maximum Gasteiger partial charge on any atom is 0.252 e. The van der Waals surface area contributed by atoms with E-state index in [0.717, 1.165) is 49.2 Å². The lowest BCUT2D eigenvalue weighted by Gasteiger charge is -2.51. The molecule has 2 unspecified atom stereocenters. The number of nitrogens with zero attached hydrogens (tertiary/aromatic N) is 4. The second-order valence-electron chi connectivity index (χ2n) is 29.5. The standard InChI is InChI=1S/C86H81BN4/c1-82(2,3)63-41-44-75(69(52-63)60-32-19-12-20-33-60)90-78-57-71-70(83(4,5)48-49-84(71,6)7)56-74(78)87-73-43-40-62(59-30-17-11-18-31-59)51-77(73)89(66-39-27-34-61(50-66)58-28-15-10-16-29-58)79-54-68(55-80(90)81(79)87)91-76-45-42-67(53-72(76)85(8)46-25-26-47-86(85,91)9)88(64-35-21-13-22-36-64)65-37-23-14-24-38-65/h10-24,27-45,50-57H,25-26,46-49H2,1-9H3. The topological polar surface area (TPSA) is 13.0 Å². The summed E-state index contributed by atoms with van der Waals surface area (Å²) in [7, 11) is 0. The molecule has 4 nitrogen and oxygen atoms in total. The minimum atomic E-state index is -0.280. The first kappa shape index (κ1) is 56.9. The van der Waals surface area contributed by atoms with Gasteiger partial charge >= 0.3 is 0 Å². The van der Waals surface area contributed by atoms with Crippen LogP contribution in [0.4, 0.5) is 62.6 Å². The maximum absolute atomic E-state index is 2.84. The molecule has 0 radical (unpaired) electrons. The minimum absolute atomic E-state index is 0.0237. The van der Waals surface area contributed by atoms with E-state index in [1.54, 1.807) is 0 Å². The van der Waals surface area contributed by atoms with E-state index in [-0.39, 0.29) is 33.9 Å². The molecule has 1 fully saturated rings. The van der Waals surface area contributed by atoms with Gasteiger partial charge in [0.1, 0.15) is 0 Å². The van der Waals surface area contributed by atoms with Crippen LogP contribution in [-0.4, -0.2) is 12.3 Å². The Balaban J connectivity index is 1.04. The van der Waals surface area contributed by atoms with Gasteiger partial charge in [-0.2, -0.15) is 0 Å². The lowest BCUT2D eigenvalue weighted by atomic mass is 9.33. The van der Waals surface area contributed by atoms with Gasteiger partial charge in [-0.15, -0.1) is 0 Å². The van der Waals surface area contributed by atoms with Gasteiger partial charge in [-0.05, 0) is 206 Å². The fourth-order valence-corrected chi connectivity index (χ4v) is 16.9. The molecule has 11 aromatic carbocycles. The van der Waals surface area contributed by atoms with Crippen LogP contribution >= 0.6 is 0 Å². The highest BCUT2D eigenvalue weighted by molar-refractivity contribution is 7.00. The molecule has 0 N–H and O–H groups in total. The Bertz CT molecular complexity index is 4590. The summed E-state index contributed by atoms with van der Waals surface area (Å²) in [5.41, 5.74) is 29.6. The van der Waals surface area contributed by atoms with Crippen molar-refractivity contribution in [3.63, 3.8) is 0 Å². The Morgan fingerprint density at radius 1 is 0.363 bits per heavy atom. The van der Waals surface area contributed by atoms with Crippen LogP contribution in [0.1, 0.15) is 123 Å². The third kappa shape index (κ3) is 9.07. The fraction of sp³-hybridized carbons (Fsp3) is 0.233. The molecule has 16 rings (SSSR count). The Morgan fingerprint density at radius 3 is 1.53 bits per heavy atom. The predicted octanol–water partition coefficient (Wildman–Crippen LogP) is 21.6. The number of fused-ring (bicyclic) bond motifs is 8. The van der Waals surface area contributed by atoms with E-state index >= 15 is 0 Å². The molecule has 3 heterocycles. The highest BCUT2D eigenvalue weighted by Gasteiger charge is 2.58. The predicted molar refractivity (Wildman–Crippen MR) is 388 cm³/mol. The van der Waals surface area contributed by atoms with Crippen LogP contribution in [0, 0.1) is 0 Å². The van der Waals surface area contributed by atoms with Crippen LogP contribution < -0.4 is 36.0 Å². The summed E-state index contributed by atoms with van der Waals surface area (Å²) in [6, 6.07) is 97.4. The van der Waals surface area contributed by atoms with E-state index in [0.29, 0.717) is 0 Å². The average Bonchev–Trinajstić information content (AvgIpc) is 1.68. The summed E-state index contributed by atoms with van der Waals surface area (Å²) < 4.78 is 0. The Labute approximate surface area is 540 Å². The van der Waals surface area contributed by atoms with Crippen LogP contribution in [0.25, 0.3) is 33.4 Å². The molecule has 5 heteroatoms. The zero-order valence-corrected chi connectivity index (χ0v) is 54.4. The zero-order chi connectivity index (χ0) is 62.2. The SMILES string of the molecule is CC(C)(C)c1ccc(N2c3cc4c(cc3B3c5ccc(-c6ccccc6)cc5N(c5cccc(-c6ccccc6)c5)c5cc(N6c7ccc(N(c8ccccc8)c8ccccc8)cc7C7(C)CCCCC67C)cc2c53)C(C)(C)CCC4(C)C)c(-c2ccccc2)c1. The number of para-hydroxylation sites is 2. The maximum atomic E-state index is 2.84. The van der Waals surface area contributed by atoms with Crippen LogP contribution in [0.15, 0.2) is 255 Å². The summed E-state index contributed by atoms with van der Waals surface area (Å²) in [6.07, 6.45) is 6.76. The minimum Gasteiger partial charge on any atom is -0.334 e. The molecule has 0 saturated heterocycles. The monoisotopic (exact) mass is 1180 g/mol. The first-order chi connectivity index (χ1) is 44.0. The van der Waals surface area contributed by atoms with E-state index < -0.39 is 0 Å². The summed E-state index contributed by atoms with van der Waals surface area (Å²) in [6.45, 7) is 22.2. The van der Waals surface area contributed by atoms with Crippen molar-refractivity contribution in [3.05, 3.63) is 277 Å². The first-order valence-corrected chi connectivity index (χ1v) is 33.4. The smallest absolute Gasteiger partial charge is 0.252 e. The molecule has 0 amide bonds. The summed E-state index contributed by atoms with van der Waals surface area (Å²) in [5.74, 6) is 0. The van der Waals surface area contributed by atoms with Crippen molar-refractivity contribution in [2.75, 3.05) is 19.6 Å². The molecule has 2 aliphatic carbocycles. The number of anilines is 11. The molecule has 3 aliphatic heterocycles. The zero-order valence-electron chi connectivity index (χ0n) is 54.4. The third-order valence-corrected chi connectivity index (χ3v) is 22.2. The molecule has 0 aromatic heterocycles. The Morgan fingerprint density at radius 2 is 0.901 bits per heavy atom. The van der Waals surface area contributed by atoms with Crippen molar-refractivity contribution in [3.8, 4) is 33.4 Å². The van der Waals surface area contributed by atoms with Crippen molar-refractivity contribution in [1.82, 2.24) is 0 Å². The average molecular weight is 1180 g/mol. The van der Waals surface area contributed by atoms with Crippen LogP contribution in [0.2, 0.25) is 0 Å². The molecule has 0 spiro atoms. The molecule has 448 valence electrons. The van der Waals surface area contributed by atoms with Crippen molar-refractivity contribution in [2.45, 2.75) is 128 Å². The van der Waals surface area contributed by atoms with Gasteiger partial charge in [-0.3, -0.25) is 0 Å². The van der Waals surface area contributed by atoms with Crippen molar-refractivity contribution >= 4 is 85.7 Å². The molecule has 2 atom stereocenters. The van der Waals surface area contributed by atoms with Crippen molar-refractivity contribution in [1.29, 1.82) is 0 Å². The van der Waals surface area contributed by atoms with Gasteiger partial charge in [-0.1, -0.05) is 232 Å². The lowest BCUT2D eigenvalue weighted by Crippen LogP contribution is -2.62. The Hall–Kier alpha value is -9.32.